The van der Waals surface area contributed by atoms with Gasteiger partial charge < -0.3 is 5.11 Å². The summed E-state index contributed by atoms with van der Waals surface area (Å²) in [5.74, 6) is -0.943. The van der Waals surface area contributed by atoms with Crippen LogP contribution >= 0.6 is 15.9 Å². The Kier molecular flexibility index (Phi) is 3.52. The molecule has 1 aromatic carbocycles. The van der Waals surface area contributed by atoms with E-state index < -0.39 is 5.97 Å². The molecule has 2 rings (SSSR count). The van der Waals surface area contributed by atoms with Crippen molar-refractivity contribution in [3.05, 3.63) is 45.7 Å². The number of halogens is 1. The second-order valence-electron chi connectivity index (χ2n) is 4.03. The Morgan fingerprint density at radius 3 is 2.78 bits per heavy atom. The number of aryl methyl sites for hydroxylation is 1. The zero-order chi connectivity index (χ0) is 13.3. The third-order valence-electron chi connectivity index (χ3n) is 2.77. The molecule has 18 heavy (non-hydrogen) atoms. The molecule has 0 fully saturated rings. The van der Waals surface area contributed by atoms with Crippen LogP contribution in [0.5, 0.6) is 0 Å². The van der Waals surface area contributed by atoms with Crippen LogP contribution in [0.25, 0.3) is 5.69 Å². The van der Waals surface area contributed by atoms with Crippen LogP contribution in [-0.2, 0) is 6.42 Å². The van der Waals surface area contributed by atoms with Gasteiger partial charge in [0, 0.05) is 4.47 Å². The smallest absolute Gasteiger partial charge is 0.339 e. The summed E-state index contributed by atoms with van der Waals surface area (Å²) in [5.41, 5.74) is 2.94. The fourth-order valence-corrected chi connectivity index (χ4v) is 2.55. The van der Waals surface area contributed by atoms with Crippen molar-refractivity contribution in [2.24, 2.45) is 0 Å². The Balaban J connectivity index is 2.60. The molecular formula is C13H13BrN2O2. The molecule has 0 unspecified atom stereocenters. The van der Waals surface area contributed by atoms with Crippen molar-refractivity contribution >= 4 is 21.9 Å². The highest BCUT2D eigenvalue weighted by molar-refractivity contribution is 9.10. The number of aromatic carboxylic acids is 1. The molecule has 0 aliphatic rings. The second kappa shape index (κ2) is 4.94. The first-order valence-electron chi connectivity index (χ1n) is 5.61. The number of carbonyl (C=O) groups is 1. The highest BCUT2D eigenvalue weighted by Crippen LogP contribution is 2.24. The molecule has 4 nitrogen and oxygen atoms in total. The van der Waals surface area contributed by atoms with Gasteiger partial charge in [0.1, 0.15) is 5.56 Å². The zero-order valence-electron chi connectivity index (χ0n) is 10.1. The summed E-state index contributed by atoms with van der Waals surface area (Å²) in [4.78, 5) is 11.1. The van der Waals surface area contributed by atoms with Crippen molar-refractivity contribution in [1.29, 1.82) is 0 Å². The largest absolute Gasteiger partial charge is 0.478 e. The number of rotatable bonds is 3. The molecule has 0 amide bonds. The number of nitrogens with zero attached hydrogens (tertiary/aromatic N) is 2. The monoisotopic (exact) mass is 308 g/mol. The normalized spacial score (nSPS) is 10.6. The molecule has 0 bridgehead atoms. The van der Waals surface area contributed by atoms with Crippen LogP contribution in [0.3, 0.4) is 0 Å². The SMILES string of the molecule is CCc1c(C(=O)O)cnn1-c1ccc(C)cc1Br. The maximum absolute atomic E-state index is 11.1. The summed E-state index contributed by atoms with van der Waals surface area (Å²) < 4.78 is 2.57. The van der Waals surface area contributed by atoms with Crippen LogP contribution in [0.4, 0.5) is 0 Å². The molecule has 0 aliphatic carbocycles. The van der Waals surface area contributed by atoms with Gasteiger partial charge in [-0.3, -0.25) is 0 Å². The molecule has 0 aliphatic heterocycles. The first kappa shape index (κ1) is 12.8. The predicted octanol–water partition coefficient (Wildman–Crippen LogP) is 3.20. The number of hydrogen-bond donors (Lipinski definition) is 1. The number of aromatic nitrogens is 2. The van der Waals surface area contributed by atoms with E-state index in [1.54, 1.807) is 4.68 Å². The van der Waals surface area contributed by atoms with Gasteiger partial charge in [-0.15, -0.1) is 0 Å². The quantitative estimate of drug-likeness (QED) is 0.947. The maximum Gasteiger partial charge on any atom is 0.339 e. The molecule has 0 spiro atoms. The van der Waals surface area contributed by atoms with Gasteiger partial charge in [0.25, 0.3) is 0 Å². The standard InChI is InChI=1S/C13H13BrN2O2/c1-3-11-9(13(17)18)7-15-16(11)12-5-4-8(2)6-10(12)14/h4-7H,3H2,1-2H3,(H,17,18). The molecule has 5 heteroatoms. The van der Waals surface area contributed by atoms with E-state index in [-0.39, 0.29) is 5.56 Å². The van der Waals surface area contributed by atoms with Gasteiger partial charge in [-0.2, -0.15) is 5.10 Å². The molecule has 0 atom stereocenters. The van der Waals surface area contributed by atoms with Gasteiger partial charge in [0.05, 0.1) is 17.6 Å². The number of carboxylic acid groups (broad SMARTS) is 1. The first-order chi connectivity index (χ1) is 8.54. The minimum Gasteiger partial charge on any atom is -0.478 e. The van der Waals surface area contributed by atoms with E-state index in [2.05, 4.69) is 21.0 Å². The van der Waals surface area contributed by atoms with Crippen molar-refractivity contribution in [1.82, 2.24) is 9.78 Å². The number of benzene rings is 1. The van der Waals surface area contributed by atoms with Gasteiger partial charge in [-0.25, -0.2) is 9.48 Å². The summed E-state index contributed by atoms with van der Waals surface area (Å²) in [6.45, 7) is 3.92. The lowest BCUT2D eigenvalue weighted by atomic mass is 10.2. The summed E-state index contributed by atoms with van der Waals surface area (Å²) in [6, 6.07) is 5.88. The molecule has 94 valence electrons. The molecule has 1 N–H and O–H groups in total. The number of carboxylic acids is 1. The van der Waals surface area contributed by atoms with Crippen molar-refractivity contribution < 1.29 is 9.90 Å². The molecule has 0 saturated carbocycles. The Hall–Kier alpha value is -1.62. The summed E-state index contributed by atoms with van der Waals surface area (Å²) in [7, 11) is 0. The van der Waals surface area contributed by atoms with Crippen LogP contribution in [-0.4, -0.2) is 20.9 Å². The Morgan fingerprint density at radius 2 is 2.22 bits per heavy atom. The fraction of sp³-hybridized carbons (Fsp3) is 0.231. The van der Waals surface area contributed by atoms with E-state index in [0.717, 1.165) is 15.7 Å². The third-order valence-corrected chi connectivity index (χ3v) is 3.40. The lowest BCUT2D eigenvalue weighted by molar-refractivity contribution is 0.0695. The van der Waals surface area contributed by atoms with Gasteiger partial charge in [0.2, 0.25) is 0 Å². The average Bonchev–Trinajstić information content (AvgIpc) is 2.72. The predicted molar refractivity (Wildman–Crippen MR) is 72.3 cm³/mol. The lowest BCUT2D eigenvalue weighted by Gasteiger charge is -2.09. The molecular weight excluding hydrogens is 296 g/mol. The molecule has 1 heterocycles. The van der Waals surface area contributed by atoms with Crippen molar-refractivity contribution in [2.45, 2.75) is 20.3 Å². The third kappa shape index (κ3) is 2.18. The highest BCUT2D eigenvalue weighted by atomic mass is 79.9. The first-order valence-corrected chi connectivity index (χ1v) is 6.40. The van der Waals surface area contributed by atoms with Crippen LogP contribution in [0.2, 0.25) is 0 Å². The molecule has 0 radical (unpaired) electrons. The van der Waals surface area contributed by atoms with Gasteiger partial charge in [-0.05, 0) is 47.0 Å². The Bertz CT molecular complexity index is 605. The number of hydrogen-bond acceptors (Lipinski definition) is 2. The van der Waals surface area contributed by atoms with E-state index in [1.807, 2.05) is 32.0 Å². The Morgan fingerprint density at radius 1 is 1.50 bits per heavy atom. The van der Waals surface area contributed by atoms with Crippen LogP contribution in [0, 0.1) is 6.92 Å². The van der Waals surface area contributed by atoms with E-state index >= 15 is 0 Å². The molecule has 1 aromatic heterocycles. The maximum atomic E-state index is 11.1. The van der Waals surface area contributed by atoms with Crippen LogP contribution < -0.4 is 0 Å². The van der Waals surface area contributed by atoms with Crippen LogP contribution in [0.15, 0.2) is 28.9 Å². The van der Waals surface area contributed by atoms with Crippen LogP contribution in [0.1, 0.15) is 28.5 Å². The Labute approximate surface area is 113 Å². The van der Waals surface area contributed by atoms with E-state index in [0.29, 0.717) is 12.1 Å². The topological polar surface area (TPSA) is 55.1 Å². The van der Waals surface area contributed by atoms with Gasteiger partial charge in [-0.1, -0.05) is 13.0 Å². The lowest BCUT2D eigenvalue weighted by Crippen LogP contribution is -2.06. The fourth-order valence-electron chi connectivity index (χ4n) is 1.88. The minimum absolute atomic E-state index is 0.255. The van der Waals surface area contributed by atoms with Crippen molar-refractivity contribution in [3.63, 3.8) is 0 Å². The summed E-state index contributed by atoms with van der Waals surface area (Å²) in [5, 5.41) is 13.3. The van der Waals surface area contributed by atoms with Gasteiger partial charge in [0.15, 0.2) is 0 Å². The summed E-state index contributed by atoms with van der Waals surface area (Å²) >= 11 is 3.49. The highest BCUT2D eigenvalue weighted by Gasteiger charge is 2.17. The summed E-state index contributed by atoms with van der Waals surface area (Å²) in [6.07, 6.45) is 2.01. The van der Waals surface area contributed by atoms with E-state index in [1.165, 1.54) is 6.20 Å². The van der Waals surface area contributed by atoms with Crippen molar-refractivity contribution in [2.75, 3.05) is 0 Å². The van der Waals surface area contributed by atoms with Gasteiger partial charge >= 0.3 is 5.97 Å². The van der Waals surface area contributed by atoms with E-state index in [4.69, 9.17) is 5.11 Å². The molecule has 0 saturated heterocycles. The van der Waals surface area contributed by atoms with E-state index in [9.17, 15) is 4.79 Å². The average molecular weight is 309 g/mol. The zero-order valence-corrected chi connectivity index (χ0v) is 11.7. The van der Waals surface area contributed by atoms with Crippen molar-refractivity contribution in [3.8, 4) is 5.69 Å². The molecule has 2 aromatic rings. The minimum atomic E-state index is -0.943. The second-order valence-corrected chi connectivity index (χ2v) is 4.88.